The van der Waals surface area contributed by atoms with Gasteiger partial charge in [-0.2, -0.15) is 0 Å². The molecule has 12 heavy (non-hydrogen) atoms. The quantitative estimate of drug-likeness (QED) is 0.514. The first-order valence-electron chi connectivity index (χ1n) is 3.81. The van der Waals surface area contributed by atoms with Crippen molar-refractivity contribution in [1.82, 2.24) is 4.90 Å². The summed E-state index contributed by atoms with van der Waals surface area (Å²) in [7, 11) is 0. The van der Waals surface area contributed by atoms with Crippen molar-refractivity contribution >= 4 is 29.1 Å². The van der Waals surface area contributed by atoms with Gasteiger partial charge >= 0.3 is 0 Å². The Morgan fingerprint density at radius 2 is 2.17 bits per heavy atom. The Kier molecular flexibility index (Phi) is 6.21. The summed E-state index contributed by atoms with van der Waals surface area (Å²) in [6.45, 7) is 4.98. The lowest BCUT2D eigenvalue weighted by molar-refractivity contribution is -0.128. The smallest absolute Gasteiger partial charge is 0.256 e. The summed E-state index contributed by atoms with van der Waals surface area (Å²) >= 11 is 10.9. The van der Waals surface area contributed by atoms with E-state index in [9.17, 15) is 4.79 Å². The maximum Gasteiger partial charge on any atom is 0.256 e. The van der Waals surface area contributed by atoms with Crippen molar-refractivity contribution in [3.8, 4) is 0 Å². The van der Waals surface area contributed by atoms with E-state index in [1.807, 2.05) is 26.0 Å². The predicted octanol–water partition coefficient (Wildman–Crippen LogP) is 2.21. The molecule has 0 N–H and O–H groups in total. The van der Waals surface area contributed by atoms with Crippen molar-refractivity contribution in [3.05, 3.63) is 12.2 Å². The van der Waals surface area contributed by atoms with Gasteiger partial charge in [-0.05, 0) is 13.8 Å². The van der Waals surface area contributed by atoms with E-state index in [2.05, 4.69) is 0 Å². The Balaban J connectivity index is 4.05. The Hall–Kier alpha value is -0.210. The number of nitrogens with zero attached hydrogens (tertiary/aromatic N) is 1. The maximum atomic E-state index is 11.2. The van der Waals surface area contributed by atoms with E-state index in [0.29, 0.717) is 13.1 Å². The van der Waals surface area contributed by atoms with Gasteiger partial charge in [-0.15, -0.1) is 0 Å². The van der Waals surface area contributed by atoms with Crippen LogP contribution in [0.3, 0.4) is 0 Å². The fraction of sp³-hybridized carbons (Fsp3) is 0.625. The topological polar surface area (TPSA) is 20.3 Å². The van der Waals surface area contributed by atoms with Crippen LogP contribution in [-0.4, -0.2) is 28.7 Å². The van der Waals surface area contributed by atoms with Crippen molar-refractivity contribution in [2.45, 2.75) is 18.7 Å². The van der Waals surface area contributed by atoms with Crippen LogP contribution in [0.5, 0.6) is 0 Å². The molecular weight excluding hydrogens is 197 g/mol. The van der Waals surface area contributed by atoms with Gasteiger partial charge in [-0.1, -0.05) is 35.4 Å². The molecule has 0 saturated carbocycles. The molecule has 0 heterocycles. The number of hydrogen-bond donors (Lipinski definition) is 0. The first-order valence-corrected chi connectivity index (χ1v) is 4.68. The lowest BCUT2D eigenvalue weighted by Gasteiger charge is -2.19. The Bertz CT molecular complexity index is 168. The minimum absolute atomic E-state index is 0.237. The third-order valence-corrected chi connectivity index (χ3v) is 1.81. The van der Waals surface area contributed by atoms with Crippen LogP contribution in [-0.2, 0) is 4.79 Å². The SMILES string of the molecule is C/C=C/CN(CC)C(=O)C(Cl)Cl. The number of halogens is 2. The van der Waals surface area contributed by atoms with E-state index in [-0.39, 0.29) is 5.91 Å². The molecule has 4 heteroatoms. The van der Waals surface area contributed by atoms with Crippen LogP contribution in [0.2, 0.25) is 0 Å². The summed E-state index contributed by atoms with van der Waals surface area (Å²) in [6, 6.07) is 0. The molecule has 0 saturated heterocycles. The maximum absolute atomic E-state index is 11.2. The normalized spacial score (nSPS) is 11.1. The molecular formula is C8H13Cl2NO. The monoisotopic (exact) mass is 209 g/mol. The van der Waals surface area contributed by atoms with Crippen molar-refractivity contribution in [3.63, 3.8) is 0 Å². The number of likely N-dealkylation sites (N-methyl/N-ethyl adjacent to an activating group) is 1. The number of carbonyl (C=O) groups excluding carboxylic acids is 1. The Labute approximate surface area is 83.1 Å². The van der Waals surface area contributed by atoms with Gasteiger partial charge in [0.15, 0.2) is 4.84 Å². The number of hydrogen-bond acceptors (Lipinski definition) is 1. The van der Waals surface area contributed by atoms with E-state index in [1.54, 1.807) is 4.90 Å². The molecule has 2 nitrogen and oxygen atoms in total. The summed E-state index contributed by atoms with van der Waals surface area (Å²) in [6.07, 6.45) is 3.77. The second-order valence-electron chi connectivity index (χ2n) is 2.25. The first-order chi connectivity index (χ1) is 5.63. The molecule has 0 radical (unpaired) electrons. The zero-order valence-electron chi connectivity index (χ0n) is 7.26. The van der Waals surface area contributed by atoms with E-state index < -0.39 is 4.84 Å². The average molecular weight is 210 g/mol. The van der Waals surface area contributed by atoms with Crippen LogP contribution in [0.25, 0.3) is 0 Å². The molecule has 0 bridgehead atoms. The number of amides is 1. The third-order valence-electron chi connectivity index (χ3n) is 1.44. The van der Waals surface area contributed by atoms with Gasteiger partial charge in [0.2, 0.25) is 0 Å². The van der Waals surface area contributed by atoms with Crippen LogP contribution in [0.4, 0.5) is 0 Å². The zero-order chi connectivity index (χ0) is 9.56. The molecule has 0 aromatic heterocycles. The van der Waals surface area contributed by atoms with Gasteiger partial charge in [0.05, 0.1) is 0 Å². The van der Waals surface area contributed by atoms with E-state index >= 15 is 0 Å². The summed E-state index contributed by atoms with van der Waals surface area (Å²) in [5.74, 6) is -0.237. The molecule has 0 aliphatic rings. The molecule has 0 rings (SSSR count). The minimum Gasteiger partial charge on any atom is -0.337 e. The molecule has 1 amide bonds. The molecule has 0 unspecified atom stereocenters. The molecule has 0 aliphatic heterocycles. The highest BCUT2D eigenvalue weighted by atomic mass is 35.5. The van der Waals surface area contributed by atoms with Crippen molar-refractivity contribution in [2.24, 2.45) is 0 Å². The second-order valence-corrected chi connectivity index (χ2v) is 3.34. The van der Waals surface area contributed by atoms with Crippen molar-refractivity contribution < 1.29 is 4.79 Å². The standard InChI is InChI=1S/C8H13Cl2NO/c1-3-5-6-11(4-2)8(12)7(9)10/h3,5,7H,4,6H2,1-2H3/b5-3+. The van der Waals surface area contributed by atoms with Crippen LogP contribution >= 0.6 is 23.2 Å². The average Bonchev–Trinajstić information content (AvgIpc) is 2.05. The zero-order valence-corrected chi connectivity index (χ0v) is 8.77. The number of allylic oxidation sites excluding steroid dienone is 1. The predicted molar refractivity (Wildman–Crippen MR) is 52.6 cm³/mol. The Morgan fingerprint density at radius 1 is 1.58 bits per heavy atom. The molecule has 0 aromatic carbocycles. The number of rotatable bonds is 4. The highest BCUT2D eigenvalue weighted by Gasteiger charge is 2.17. The van der Waals surface area contributed by atoms with E-state index in [0.717, 1.165) is 0 Å². The van der Waals surface area contributed by atoms with Gasteiger partial charge in [0.1, 0.15) is 0 Å². The molecule has 0 atom stereocenters. The fourth-order valence-corrected chi connectivity index (χ4v) is 1.02. The summed E-state index contributed by atoms with van der Waals surface area (Å²) in [5.41, 5.74) is 0. The van der Waals surface area contributed by atoms with E-state index in [4.69, 9.17) is 23.2 Å². The first kappa shape index (κ1) is 11.8. The minimum atomic E-state index is -0.949. The van der Waals surface area contributed by atoms with E-state index in [1.165, 1.54) is 0 Å². The largest absolute Gasteiger partial charge is 0.337 e. The van der Waals surface area contributed by atoms with Gasteiger partial charge in [0, 0.05) is 13.1 Å². The lowest BCUT2D eigenvalue weighted by atomic mass is 10.4. The fourth-order valence-electron chi connectivity index (χ4n) is 0.746. The van der Waals surface area contributed by atoms with Crippen LogP contribution < -0.4 is 0 Å². The Morgan fingerprint density at radius 3 is 2.50 bits per heavy atom. The van der Waals surface area contributed by atoms with Crippen molar-refractivity contribution in [1.29, 1.82) is 0 Å². The second kappa shape index (κ2) is 6.32. The van der Waals surface area contributed by atoms with Gasteiger partial charge < -0.3 is 4.90 Å². The highest BCUT2D eigenvalue weighted by molar-refractivity contribution is 6.53. The number of carbonyl (C=O) groups is 1. The molecule has 0 fully saturated rings. The summed E-state index contributed by atoms with van der Waals surface area (Å²) < 4.78 is 0. The highest BCUT2D eigenvalue weighted by Crippen LogP contribution is 2.06. The summed E-state index contributed by atoms with van der Waals surface area (Å²) in [5, 5.41) is 0. The van der Waals surface area contributed by atoms with Crippen LogP contribution in [0.15, 0.2) is 12.2 Å². The van der Waals surface area contributed by atoms with Crippen LogP contribution in [0, 0.1) is 0 Å². The van der Waals surface area contributed by atoms with Crippen molar-refractivity contribution in [2.75, 3.05) is 13.1 Å². The lowest BCUT2D eigenvalue weighted by Crippen LogP contribution is -2.34. The molecule has 0 spiro atoms. The molecule has 0 aromatic rings. The van der Waals surface area contributed by atoms with Gasteiger partial charge in [-0.25, -0.2) is 0 Å². The third kappa shape index (κ3) is 3.98. The molecule has 70 valence electrons. The summed E-state index contributed by atoms with van der Waals surface area (Å²) in [4.78, 5) is 11.8. The van der Waals surface area contributed by atoms with Gasteiger partial charge in [-0.3, -0.25) is 4.79 Å². The molecule has 0 aliphatic carbocycles. The van der Waals surface area contributed by atoms with Crippen LogP contribution in [0.1, 0.15) is 13.8 Å². The van der Waals surface area contributed by atoms with Gasteiger partial charge in [0.25, 0.3) is 5.91 Å². The number of alkyl halides is 2.